The van der Waals surface area contributed by atoms with Gasteiger partial charge in [-0.15, -0.1) is 0 Å². The molecule has 2 aromatic heterocycles. The number of nitrogens with one attached hydrogen (secondary N) is 1. The molecule has 2 aromatic rings. The Hall–Kier alpha value is -1.56. The van der Waals surface area contributed by atoms with Crippen molar-refractivity contribution in [2.24, 2.45) is 0 Å². The van der Waals surface area contributed by atoms with E-state index >= 15 is 0 Å². The van der Waals surface area contributed by atoms with Gasteiger partial charge in [-0.05, 0) is 22.0 Å². The van der Waals surface area contributed by atoms with Gasteiger partial charge in [0.1, 0.15) is 17.8 Å². The first-order chi connectivity index (χ1) is 8.93. The molecule has 2 rings (SSSR count). The first-order valence-corrected chi connectivity index (χ1v) is 6.75. The largest absolute Gasteiger partial charge is 0.372 e. The third-order valence-electron chi connectivity index (χ3n) is 2.61. The number of hydrogen-bond donors (Lipinski definition) is 1. The quantitative estimate of drug-likeness (QED) is 0.921. The fourth-order valence-electron chi connectivity index (χ4n) is 1.65. The van der Waals surface area contributed by atoms with E-state index in [9.17, 15) is 0 Å². The van der Waals surface area contributed by atoms with Crippen LogP contribution in [-0.2, 0) is 5.41 Å². The molecule has 0 aliphatic rings. The van der Waals surface area contributed by atoms with Crippen LogP contribution in [0.3, 0.4) is 0 Å². The highest BCUT2D eigenvalue weighted by Crippen LogP contribution is 2.33. The van der Waals surface area contributed by atoms with Gasteiger partial charge < -0.3 is 5.32 Å². The van der Waals surface area contributed by atoms with Crippen molar-refractivity contribution in [2.75, 3.05) is 12.4 Å². The maximum atomic E-state index is 4.63. The number of halogens is 1. The second-order valence-electron chi connectivity index (χ2n) is 5.15. The molecule has 0 spiro atoms. The summed E-state index contributed by atoms with van der Waals surface area (Å²) in [5.41, 5.74) is 1.57. The van der Waals surface area contributed by atoms with Crippen LogP contribution in [0.15, 0.2) is 23.1 Å². The summed E-state index contributed by atoms with van der Waals surface area (Å²) in [6.45, 7) is 6.34. The summed E-state index contributed by atoms with van der Waals surface area (Å²) < 4.78 is 0.889. The summed E-state index contributed by atoms with van der Waals surface area (Å²) in [5.74, 6) is 1.36. The lowest BCUT2D eigenvalue weighted by atomic mass is 9.92. The highest BCUT2D eigenvalue weighted by molar-refractivity contribution is 9.10. The van der Waals surface area contributed by atoms with E-state index in [-0.39, 0.29) is 5.41 Å². The van der Waals surface area contributed by atoms with Gasteiger partial charge in [0.2, 0.25) is 0 Å². The Morgan fingerprint density at radius 1 is 1.21 bits per heavy atom. The summed E-state index contributed by atoms with van der Waals surface area (Å²) in [6, 6.07) is 1.80. The molecular formula is C13H16BrN5. The van der Waals surface area contributed by atoms with Crippen molar-refractivity contribution in [1.82, 2.24) is 19.9 Å². The third kappa shape index (κ3) is 2.89. The Balaban J connectivity index is 2.65. The van der Waals surface area contributed by atoms with Gasteiger partial charge in [0.25, 0.3) is 0 Å². The van der Waals surface area contributed by atoms with Gasteiger partial charge in [0, 0.05) is 18.7 Å². The number of anilines is 1. The van der Waals surface area contributed by atoms with Gasteiger partial charge >= 0.3 is 0 Å². The first kappa shape index (κ1) is 13.9. The second-order valence-corrected chi connectivity index (χ2v) is 5.95. The minimum atomic E-state index is -0.0881. The lowest BCUT2D eigenvalue weighted by molar-refractivity contribution is 0.564. The Morgan fingerprint density at radius 2 is 1.95 bits per heavy atom. The summed E-state index contributed by atoms with van der Waals surface area (Å²) in [5, 5.41) is 3.08. The van der Waals surface area contributed by atoms with Crippen molar-refractivity contribution < 1.29 is 0 Å². The summed E-state index contributed by atoms with van der Waals surface area (Å²) >= 11 is 3.56. The lowest BCUT2D eigenvalue weighted by Crippen LogP contribution is -2.17. The normalized spacial score (nSPS) is 11.4. The molecule has 100 valence electrons. The van der Waals surface area contributed by atoms with E-state index in [1.165, 1.54) is 6.33 Å². The van der Waals surface area contributed by atoms with Crippen molar-refractivity contribution in [1.29, 1.82) is 0 Å². The number of aromatic nitrogens is 4. The van der Waals surface area contributed by atoms with Crippen molar-refractivity contribution in [3.05, 3.63) is 28.8 Å². The molecule has 0 aliphatic carbocycles. The van der Waals surface area contributed by atoms with Crippen LogP contribution in [0.25, 0.3) is 11.5 Å². The number of nitrogens with zero attached hydrogens (tertiary/aromatic N) is 4. The molecular weight excluding hydrogens is 306 g/mol. The second kappa shape index (κ2) is 5.21. The van der Waals surface area contributed by atoms with Gasteiger partial charge in [0.15, 0.2) is 5.82 Å². The zero-order valence-corrected chi connectivity index (χ0v) is 13.0. The monoisotopic (exact) mass is 321 g/mol. The van der Waals surface area contributed by atoms with Crippen LogP contribution in [-0.4, -0.2) is 27.0 Å². The molecule has 0 radical (unpaired) electrons. The van der Waals surface area contributed by atoms with Crippen LogP contribution < -0.4 is 5.32 Å². The van der Waals surface area contributed by atoms with E-state index in [1.807, 2.05) is 7.05 Å². The Kier molecular flexibility index (Phi) is 3.80. The molecule has 5 nitrogen and oxygen atoms in total. The van der Waals surface area contributed by atoms with Crippen LogP contribution in [0.5, 0.6) is 0 Å². The van der Waals surface area contributed by atoms with Gasteiger partial charge in [-0.1, -0.05) is 20.8 Å². The Bertz CT molecular complexity index is 578. The summed E-state index contributed by atoms with van der Waals surface area (Å²) in [6.07, 6.45) is 3.18. The molecule has 1 N–H and O–H groups in total. The topological polar surface area (TPSA) is 63.6 Å². The van der Waals surface area contributed by atoms with E-state index in [2.05, 4.69) is 62.0 Å². The highest BCUT2D eigenvalue weighted by atomic mass is 79.9. The van der Waals surface area contributed by atoms with Crippen LogP contribution in [0.2, 0.25) is 0 Å². The lowest BCUT2D eigenvalue weighted by Gasteiger charge is -2.21. The maximum absolute atomic E-state index is 4.63. The van der Waals surface area contributed by atoms with E-state index in [1.54, 1.807) is 12.3 Å². The SMILES string of the molecule is CNc1nc(-c2ccncn2)nc(C(C)(C)C)c1Br. The molecule has 0 amide bonds. The van der Waals surface area contributed by atoms with Crippen LogP contribution in [0.4, 0.5) is 5.82 Å². The highest BCUT2D eigenvalue weighted by Gasteiger charge is 2.23. The van der Waals surface area contributed by atoms with Crippen molar-refractivity contribution in [2.45, 2.75) is 26.2 Å². The molecule has 0 saturated carbocycles. The van der Waals surface area contributed by atoms with Crippen LogP contribution in [0, 0.1) is 0 Å². The van der Waals surface area contributed by atoms with Gasteiger partial charge in [0.05, 0.1) is 10.2 Å². The number of hydrogen-bond acceptors (Lipinski definition) is 5. The van der Waals surface area contributed by atoms with E-state index in [4.69, 9.17) is 0 Å². The Morgan fingerprint density at radius 3 is 2.47 bits per heavy atom. The van der Waals surface area contributed by atoms with Crippen molar-refractivity contribution in [3.63, 3.8) is 0 Å². The zero-order chi connectivity index (χ0) is 14.0. The van der Waals surface area contributed by atoms with Crippen molar-refractivity contribution in [3.8, 4) is 11.5 Å². The van der Waals surface area contributed by atoms with Crippen LogP contribution >= 0.6 is 15.9 Å². The summed E-state index contributed by atoms with van der Waals surface area (Å²) in [4.78, 5) is 17.2. The standard InChI is InChI=1S/C13H16BrN5/c1-13(2,3)10-9(14)12(15-4)19-11(18-10)8-5-6-16-7-17-8/h5-7H,1-4H3,(H,15,18,19). The zero-order valence-electron chi connectivity index (χ0n) is 11.4. The summed E-state index contributed by atoms with van der Waals surface area (Å²) in [7, 11) is 1.84. The average Bonchev–Trinajstić information content (AvgIpc) is 2.38. The number of rotatable bonds is 2. The fourth-order valence-corrected chi connectivity index (χ4v) is 2.62. The molecule has 0 unspecified atom stereocenters. The fraction of sp³-hybridized carbons (Fsp3) is 0.385. The minimum Gasteiger partial charge on any atom is -0.372 e. The molecule has 0 atom stereocenters. The molecule has 0 fully saturated rings. The molecule has 19 heavy (non-hydrogen) atoms. The molecule has 2 heterocycles. The van der Waals surface area contributed by atoms with Gasteiger partial charge in [-0.3, -0.25) is 0 Å². The van der Waals surface area contributed by atoms with E-state index in [0.717, 1.165) is 16.0 Å². The predicted molar refractivity (Wildman–Crippen MR) is 79.0 cm³/mol. The molecule has 6 heteroatoms. The van der Waals surface area contributed by atoms with Gasteiger partial charge in [-0.2, -0.15) is 0 Å². The average molecular weight is 322 g/mol. The smallest absolute Gasteiger partial charge is 0.180 e. The van der Waals surface area contributed by atoms with Gasteiger partial charge in [-0.25, -0.2) is 19.9 Å². The molecule has 0 aromatic carbocycles. The van der Waals surface area contributed by atoms with Crippen molar-refractivity contribution >= 4 is 21.7 Å². The molecule has 0 aliphatic heterocycles. The predicted octanol–water partition coefficient (Wildman–Crippen LogP) is 3.04. The third-order valence-corrected chi connectivity index (χ3v) is 3.36. The first-order valence-electron chi connectivity index (χ1n) is 5.95. The van der Waals surface area contributed by atoms with Crippen LogP contribution in [0.1, 0.15) is 26.5 Å². The van der Waals surface area contributed by atoms with E-state index in [0.29, 0.717) is 11.5 Å². The minimum absolute atomic E-state index is 0.0881. The maximum Gasteiger partial charge on any atom is 0.180 e. The van der Waals surface area contributed by atoms with E-state index < -0.39 is 0 Å². The Labute approximate surface area is 121 Å². The molecule has 0 bridgehead atoms. The molecule has 0 saturated heterocycles.